The first-order valence-electron chi connectivity index (χ1n) is 4.57. The van der Waals surface area contributed by atoms with Crippen LogP contribution in [0.4, 0.5) is 8.78 Å². The van der Waals surface area contributed by atoms with Gasteiger partial charge in [0.05, 0.1) is 12.6 Å². The van der Waals surface area contributed by atoms with E-state index in [0.717, 1.165) is 19.5 Å². The molecule has 2 fully saturated rings. The number of hydrogen-bond acceptors (Lipinski definition) is 3. The van der Waals surface area contributed by atoms with Gasteiger partial charge in [0.2, 0.25) is 0 Å². The number of aliphatic hydroxyl groups is 1. The summed E-state index contributed by atoms with van der Waals surface area (Å²) >= 11 is 0. The normalized spacial score (nSPS) is 28.9. The third-order valence-corrected chi connectivity index (χ3v) is 2.09. The van der Waals surface area contributed by atoms with E-state index >= 15 is 0 Å². The van der Waals surface area contributed by atoms with Gasteiger partial charge in [-0.3, -0.25) is 0 Å². The number of β-amino-alcohol motifs (C(OH)–C–C–N with tert-alkyl or cyclic N) is 1. The number of alkyl halides is 2. The average Bonchev–Trinajstić information content (AvgIpc) is 2.62. The van der Waals surface area contributed by atoms with Gasteiger partial charge >= 0.3 is 0 Å². The van der Waals surface area contributed by atoms with Gasteiger partial charge in [-0.25, -0.2) is 8.78 Å². The minimum Gasteiger partial charge on any atom is -0.392 e. The van der Waals surface area contributed by atoms with Gasteiger partial charge in [-0.15, -0.1) is 17.0 Å². The molecule has 2 aliphatic rings. The van der Waals surface area contributed by atoms with E-state index in [9.17, 15) is 8.78 Å². The molecule has 1 unspecified atom stereocenters. The van der Waals surface area contributed by atoms with E-state index in [0.29, 0.717) is 6.54 Å². The van der Waals surface area contributed by atoms with E-state index in [1.807, 2.05) is 0 Å². The topological polar surface area (TPSA) is 44.3 Å². The molecular weight excluding hydrogens is 258 g/mol. The molecule has 2 rings (SSSR count). The quantitative estimate of drug-likeness (QED) is 0.604. The fraction of sp³-hybridized carbons (Fsp3) is 1.00. The Morgan fingerprint density at radius 3 is 2.07 bits per heavy atom. The van der Waals surface area contributed by atoms with E-state index in [1.54, 1.807) is 0 Å². The Morgan fingerprint density at radius 2 is 1.93 bits per heavy atom. The smallest absolute Gasteiger partial charge is 0.261 e. The molecule has 14 heavy (non-hydrogen) atoms. The SMILES string of the molecule is Br.FC1(F)CCNC1.OC1CCNC1. The van der Waals surface area contributed by atoms with Crippen molar-refractivity contribution in [3.63, 3.8) is 0 Å². The zero-order valence-corrected chi connectivity index (χ0v) is 9.64. The van der Waals surface area contributed by atoms with Crippen LogP contribution in [0.2, 0.25) is 0 Å². The van der Waals surface area contributed by atoms with Crippen LogP contribution in [-0.4, -0.2) is 43.3 Å². The zero-order valence-electron chi connectivity index (χ0n) is 7.93. The molecule has 2 heterocycles. The second kappa shape index (κ2) is 6.66. The van der Waals surface area contributed by atoms with Crippen molar-refractivity contribution in [1.82, 2.24) is 10.6 Å². The Morgan fingerprint density at radius 1 is 1.21 bits per heavy atom. The molecule has 0 aliphatic carbocycles. The molecule has 3 N–H and O–H groups in total. The molecule has 0 radical (unpaired) electrons. The van der Waals surface area contributed by atoms with E-state index < -0.39 is 5.92 Å². The Labute approximate surface area is 93.0 Å². The van der Waals surface area contributed by atoms with Gasteiger partial charge < -0.3 is 15.7 Å². The lowest BCUT2D eigenvalue weighted by Crippen LogP contribution is -2.18. The molecule has 0 aromatic heterocycles. The highest BCUT2D eigenvalue weighted by Gasteiger charge is 2.32. The lowest BCUT2D eigenvalue weighted by molar-refractivity contribution is 0.0238. The minimum atomic E-state index is -2.42. The third kappa shape index (κ3) is 5.85. The molecule has 1 atom stereocenters. The summed E-state index contributed by atoms with van der Waals surface area (Å²) in [4.78, 5) is 0. The van der Waals surface area contributed by atoms with Gasteiger partial charge in [0.15, 0.2) is 0 Å². The molecular formula is C8H17BrF2N2O. The van der Waals surface area contributed by atoms with E-state index in [-0.39, 0.29) is 36.1 Å². The minimum absolute atomic E-state index is 0. The van der Waals surface area contributed by atoms with Crippen LogP contribution in [0.1, 0.15) is 12.8 Å². The summed E-state index contributed by atoms with van der Waals surface area (Å²) in [5.41, 5.74) is 0. The summed E-state index contributed by atoms with van der Waals surface area (Å²) in [6.07, 6.45) is 0.873. The Hall–Kier alpha value is 0.220. The van der Waals surface area contributed by atoms with Crippen molar-refractivity contribution < 1.29 is 13.9 Å². The van der Waals surface area contributed by atoms with Crippen LogP contribution in [0.3, 0.4) is 0 Å². The van der Waals surface area contributed by atoms with Gasteiger partial charge in [-0.05, 0) is 13.0 Å². The highest BCUT2D eigenvalue weighted by atomic mass is 79.9. The highest BCUT2D eigenvalue weighted by Crippen LogP contribution is 2.19. The molecule has 0 amide bonds. The standard InChI is InChI=1S/C4H7F2N.C4H9NO.BrH/c5-4(6)1-2-7-3-4;6-4-1-2-5-3-4;/h7H,1-3H2;4-6H,1-3H2;1H. The fourth-order valence-corrected chi connectivity index (χ4v) is 1.27. The first-order chi connectivity index (χ1) is 6.10. The maximum Gasteiger partial charge on any atom is 0.261 e. The molecule has 0 bridgehead atoms. The second-order valence-electron chi connectivity index (χ2n) is 3.43. The maximum atomic E-state index is 11.9. The molecule has 0 aromatic rings. The number of halogens is 3. The summed E-state index contributed by atoms with van der Waals surface area (Å²) < 4.78 is 23.8. The van der Waals surface area contributed by atoms with Gasteiger partial charge in [-0.1, -0.05) is 0 Å². The van der Waals surface area contributed by atoms with Crippen LogP contribution < -0.4 is 10.6 Å². The fourth-order valence-electron chi connectivity index (χ4n) is 1.27. The Kier molecular flexibility index (Phi) is 6.76. The van der Waals surface area contributed by atoms with Crippen molar-refractivity contribution in [1.29, 1.82) is 0 Å². The lowest BCUT2D eigenvalue weighted by Gasteiger charge is -2.02. The number of aliphatic hydroxyl groups excluding tert-OH is 1. The highest BCUT2D eigenvalue weighted by molar-refractivity contribution is 8.93. The number of rotatable bonds is 0. The van der Waals surface area contributed by atoms with Crippen molar-refractivity contribution in [3.05, 3.63) is 0 Å². The predicted octanol–water partition coefficient (Wildman–Crippen LogP) is 0.533. The van der Waals surface area contributed by atoms with Gasteiger partial charge in [-0.2, -0.15) is 0 Å². The molecule has 2 aliphatic heterocycles. The monoisotopic (exact) mass is 274 g/mol. The largest absolute Gasteiger partial charge is 0.392 e. The first-order valence-corrected chi connectivity index (χ1v) is 4.57. The van der Waals surface area contributed by atoms with Gasteiger partial charge in [0.1, 0.15) is 0 Å². The lowest BCUT2D eigenvalue weighted by atomic mass is 10.3. The maximum absolute atomic E-state index is 11.9. The molecule has 3 nitrogen and oxygen atoms in total. The molecule has 0 spiro atoms. The molecule has 6 heteroatoms. The molecule has 0 aromatic carbocycles. The second-order valence-corrected chi connectivity index (χ2v) is 3.43. The Balaban J connectivity index is 0.000000227. The number of hydrogen-bond donors (Lipinski definition) is 3. The summed E-state index contributed by atoms with van der Waals surface area (Å²) in [7, 11) is 0. The van der Waals surface area contributed by atoms with Crippen LogP contribution in [-0.2, 0) is 0 Å². The first kappa shape index (κ1) is 14.2. The van der Waals surface area contributed by atoms with Gasteiger partial charge in [0.25, 0.3) is 5.92 Å². The van der Waals surface area contributed by atoms with Crippen LogP contribution in [0.15, 0.2) is 0 Å². The van der Waals surface area contributed by atoms with Crippen molar-refractivity contribution in [2.45, 2.75) is 24.9 Å². The summed E-state index contributed by atoms with van der Waals surface area (Å²) in [5.74, 6) is -2.42. The van der Waals surface area contributed by atoms with E-state index in [1.165, 1.54) is 0 Å². The third-order valence-electron chi connectivity index (χ3n) is 2.09. The molecule has 2 saturated heterocycles. The molecule has 0 saturated carbocycles. The van der Waals surface area contributed by atoms with Crippen molar-refractivity contribution >= 4 is 17.0 Å². The summed E-state index contributed by atoms with van der Waals surface area (Å²) in [5, 5.41) is 14.3. The average molecular weight is 275 g/mol. The summed E-state index contributed by atoms with van der Waals surface area (Å²) in [6.45, 7) is 2.11. The van der Waals surface area contributed by atoms with Crippen LogP contribution >= 0.6 is 17.0 Å². The summed E-state index contributed by atoms with van der Waals surface area (Å²) in [6, 6.07) is 0. The van der Waals surface area contributed by atoms with Crippen molar-refractivity contribution in [2.24, 2.45) is 0 Å². The van der Waals surface area contributed by atoms with Crippen LogP contribution in [0.5, 0.6) is 0 Å². The van der Waals surface area contributed by atoms with Crippen LogP contribution in [0.25, 0.3) is 0 Å². The van der Waals surface area contributed by atoms with Gasteiger partial charge in [0, 0.05) is 19.5 Å². The zero-order chi connectivity index (χ0) is 9.73. The number of nitrogens with one attached hydrogen (secondary N) is 2. The van der Waals surface area contributed by atoms with Crippen molar-refractivity contribution in [3.8, 4) is 0 Å². The molecule has 86 valence electrons. The predicted molar refractivity (Wildman–Crippen MR) is 56.2 cm³/mol. The van der Waals surface area contributed by atoms with Crippen molar-refractivity contribution in [2.75, 3.05) is 26.2 Å². The van der Waals surface area contributed by atoms with Crippen LogP contribution in [0, 0.1) is 0 Å². The Bertz CT molecular complexity index is 146. The van der Waals surface area contributed by atoms with E-state index in [4.69, 9.17) is 5.11 Å². The van der Waals surface area contributed by atoms with E-state index in [2.05, 4.69) is 10.6 Å².